The molecule has 1 N–H and O–H groups in total. The number of benzene rings is 2. The third kappa shape index (κ3) is 4.33. The summed E-state index contributed by atoms with van der Waals surface area (Å²) in [6, 6.07) is 14.4. The van der Waals surface area contributed by atoms with Crippen molar-refractivity contribution in [2.24, 2.45) is 0 Å². The quantitative estimate of drug-likeness (QED) is 0.239. The third-order valence-corrected chi connectivity index (χ3v) is 5.93. The van der Waals surface area contributed by atoms with Gasteiger partial charge in [0.05, 0.1) is 24.4 Å². The van der Waals surface area contributed by atoms with E-state index in [1.807, 2.05) is 13.8 Å². The third-order valence-electron chi connectivity index (χ3n) is 5.40. The van der Waals surface area contributed by atoms with Crippen LogP contribution < -0.4 is 14.4 Å². The molecule has 8 heteroatoms. The molecule has 0 spiro atoms. The molecule has 1 atom stereocenters. The first-order valence-electron chi connectivity index (χ1n) is 10.9. The second-order valence-electron chi connectivity index (χ2n) is 7.62. The number of rotatable bonds is 7. The van der Waals surface area contributed by atoms with Gasteiger partial charge in [-0.1, -0.05) is 15.9 Å². The molecule has 3 aromatic rings. The van der Waals surface area contributed by atoms with Crippen molar-refractivity contribution in [2.75, 3.05) is 18.1 Å². The molecule has 1 aliphatic rings. The number of carbonyl (C=O) groups excluding carboxylic acids is 2. The largest absolute Gasteiger partial charge is 0.507 e. The van der Waals surface area contributed by atoms with Crippen molar-refractivity contribution in [2.45, 2.75) is 26.8 Å². The lowest BCUT2D eigenvalue weighted by Gasteiger charge is -2.23. The zero-order valence-corrected chi connectivity index (χ0v) is 20.6. The maximum absolute atomic E-state index is 13.3. The molecule has 4 rings (SSSR count). The smallest absolute Gasteiger partial charge is 0.300 e. The predicted molar refractivity (Wildman–Crippen MR) is 131 cm³/mol. The van der Waals surface area contributed by atoms with Crippen molar-refractivity contribution >= 4 is 39.1 Å². The Hall–Kier alpha value is -3.52. The molecule has 0 bridgehead atoms. The summed E-state index contributed by atoms with van der Waals surface area (Å²) in [7, 11) is 0. The Morgan fingerprint density at radius 3 is 2.35 bits per heavy atom. The van der Waals surface area contributed by atoms with Crippen LogP contribution in [0.4, 0.5) is 5.69 Å². The molecule has 1 amide bonds. The number of aliphatic hydroxyl groups excluding tert-OH is 1. The van der Waals surface area contributed by atoms with E-state index >= 15 is 0 Å². The zero-order chi connectivity index (χ0) is 24.4. The van der Waals surface area contributed by atoms with Gasteiger partial charge in [-0.25, -0.2) is 0 Å². The van der Waals surface area contributed by atoms with Crippen LogP contribution in [0.2, 0.25) is 0 Å². The maximum Gasteiger partial charge on any atom is 0.300 e. The van der Waals surface area contributed by atoms with Gasteiger partial charge >= 0.3 is 0 Å². The van der Waals surface area contributed by atoms with Crippen LogP contribution in [0.25, 0.3) is 5.76 Å². The number of carbonyl (C=O) groups is 2. The van der Waals surface area contributed by atoms with E-state index < -0.39 is 17.7 Å². The van der Waals surface area contributed by atoms with Gasteiger partial charge in [-0.3, -0.25) is 14.5 Å². The molecule has 1 unspecified atom stereocenters. The van der Waals surface area contributed by atoms with Crippen LogP contribution >= 0.6 is 15.9 Å². The zero-order valence-electron chi connectivity index (χ0n) is 19.0. The van der Waals surface area contributed by atoms with Gasteiger partial charge in [-0.15, -0.1) is 0 Å². The monoisotopic (exact) mass is 525 g/mol. The number of ether oxygens (including phenoxy) is 2. The number of halogens is 1. The highest BCUT2D eigenvalue weighted by molar-refractivity contribution is 9.10. The minimum absolute atomic E-state index is 0.0765. The number of furan rings is 1. The van der Waals surface area contributed by atoms with Crippen molar-refractivity contribution < 1.29 is 28.6 Å². The number of hydrogen-bond acceptors (Lipinski definition) is 6. The first-order valence-corrected chi connectivity index (χ1v) is 11.7. The first kappa shape index (κ1) is 23.6. The Morgan fingerprint density at radius 2 is 1.74 bits per heavy atom. The molecule has 0 aliphatic carbocycles. The molecule has 0 radical (unpaired) electrons. The van der Waals surface area contributed by atoms with Crippen molar-refractivity contribution in [3.8, 4) is 11.5 Å². The number of anilines is 1. The minimum Gasteiger partial charge on any atom is -0.507 e. The normalized spacial score (nSPS) is 17.3. The van der Waals surface area contributed by atoms with E-state index in [2.05, 4.69) is 15.9 Å². The van der Waals surface area contributed by atoms with Crippen LogP contribution in [0, 0.1) is 6.92 Å². The standard InChI is InChI=1S/C26H24BrNO6/c1-4-32-18-11-12-19(21(14-18)33-5-2)24(29)22-23(20-13-6-15(3)34-20)28(26(31)25(22)30)17-9-7-16(27)8-10-17/h6-14,23,29H,4-5H2,1-3H3/b24-22-. The number of ketones is 1. The first-order chi connectivity index (χ1) is 16.3. The minimum atomic E-state index is -0.948. The number of Topliss-reactive ketones (excluding diaryl/α,β-unsaturated/α-hetero) is 1. The number of aryl methyl sites for hydroxylation is 1. The summed E-state index contributed by atoms with van der Waals surface area (Å²) in [5.41, 5.74) is 0.708. The Morgan fingerprint density at radius 1 is 1.03 bits per heavy atom. The maximum atomic E-state index is 13.3. The van der Waals surface area contributed by atoms with Crippen LogP contribution in [0.3, 0.4) is 0 Å². The molecule has 7 nitrogen and oxygen atoms in total. The van der Waals surface area contributed by atoms with Gasteiger partial charge in [0.15, 0.2) is 0 Å². The fourth-order valence-corrected chi connectivity index (χ4v) is 4.21. The van der Waals surface area contributed by atoms with Crippen LogP contribution in [0.1, 0.15) is 37.0 Å². The van der Waals surface area contributed by atoms with Crippen molar-refractivity contribution in [1.29, 1.82) is 0 Å². The Balaban J connectivity index is 1.92. The van der Waals surface area contributed by atoms with Gasteiger partial charge in [-0.2, -0.15) is 0 Å². The Bertz CT molecular complexity index is 1260. The molecule has 0 saturated carbocycles. The van der Waals surface area contributed by atoms with Gasteiger partial charge in [0.2, 0.25) is 0 Å². The van der Waals surface area contributed by atoms with Crippen LogP contribution in [0.5, 0.6) is 11.5 Å². The molecule has 1 aromatic heterocycles. The van der Waals surface area contributed by atoms with E-state index in [4.69, 9.17) is 13.9 Å². The second-order valence-corrected chi connectivity index (χ2v) is 8.53. The fourth-order valence-electron chi connectivity index (χ4n) is 3.94. The van der Waals surface area contributed by atoms with E-state index in [-0.39, 0.29) is 16.9 Å². The van der Waals surface area contributed by atoms with Crippen LogP contribution in [-0.2, 0) is 9.59 Å². The fraction of sp³-hybridized carbons (Fsp3) is 0.231. The molecule has 2 aromatic carbocycles. The molecule has 2 heterocycles. The second kappa shape index (κ2) is 9.77. The summed E-state index contributed by atoms with van der Waals surface area (Å²) in [6.07, 6.45) is 0. The topological polar surface area (TPSA) is 89.2 Å². The summed E-state index contributed by atoms with van der Waals surface area (Å²) in [4.78, 5) is 27.8. The lowest BCUT2D eigenvalue weighted by Crippen LogP contribution is -2.29. The van der Waals surface area contributed by atoms with Crippen molar-refractivity contribution in [1.82, 2.24) is 0 Å². The molecular formula is C26H24BrNO6. The average Bonchev–Trinajstić information content (AvgIpc) is 3.35. The van der Waals surface area contributed by atoms with Crippen molar-refractivity contribution in [3.05, 3.63) is 81.7 Å². The van der Waals surface area contributed by atoms with Gasteiger partial charge in [0.25, 0.3) is 11.7 Å². The van der Waals surface area contributed by atoms with Crippen LogP contribution in [0.15, 0.2) is 69.1 Å². The summed E-state index contributed by atoms with van der Waals surface area (Å²) in [5, 5.41) is 11.4. The number of aliphatic hydroxyl groups is 1. The molecule has 1 fully saturated rings. The molecule has 176 valence electrons. The predicted octanol–water partition coefficient (Wildman–Crippen LogP) is 5.77. The molecule has 1 saturated heterocycles. The lowest BCUT2D eigenvalue weighted by molar-refractivity contribution is -0.132. The lowest BCUT2D eigenvalue weighted by atomic mass is 9.98. The number of nitrogens with zero attached hydrogens (tertiary/aromatic N) is 1. The number of hydrogen-bond donors (Lipinski definition) is 1. The summed E-state index contributed by atoms with van der Waals surface area (Å²) < 4.78 is 17.9. The highest BCUT2D eigenvalue weighted by atomic mass is 79.9. The number of amides is 1. The van der Waals surface area contributed by atoms with Gasteiger partial charge < -0.3 is 19.0 Å². The molecule has 1 aliphatic heterocycles. The van der Waals surface area contributed by atoms with E-state index in [0.717, 1.165) is 4.47 Å². The van der Waals surface area contributed by atoms with Crippen LogP contribution in [-0.4, -0.2) is 30.0 Å². The summed E-state index contributed by atoms with van der Waals surface area (Å²) in [5.74, 6) is -0.0186. The average molecular weight is 526 g/mol. The Labute approximate surface area is 205 Å². The Kier molecular flexibility index (Phi) is 6.79. The molecule has 34 heavy (non-hydrogen) atoms. The SMILES string of the molecule is CCOc1ccc(/C(O)=C2/C(=O)C(=O)N(c3ccc(Br)cc3)C2c2ccc(C)o2)c(OCC)c1. The highest BCUT2D eigenvalue weighted by Gasteiger charge is 2.48. The van der Waals surface area contributed by atoms with Gasteiger partial charge in [0.1, 0.15) is 34.8 Å². The van der Waals surface area contributed by atoms with E-state index in [1.54, 1.807) is 61.5 Å². The van der Waals surface area contributed by atoms with Crippen molar-refractivity contribution in [3.63, 3.8) is 0 Å². The van der Waals surface area contributed by atoms with Gasteiger partial charge in [0, 0.05) is 16.2 Å². The van der Waals surface area contributed by atoms with E-state index in [9.17, 15) is 14.7 Å². The van der Waals surface area contributed by atoms with Gasteiger partial charge in [-0.05, 0) is 69.3 Å². The highest BCUT2D eigenvalue weighted by Crippen LogP contribution is 2.44. The summed E-state index contributed by atoms with van der Waals surface area (Å²) >= 11 is 3.39. The van der Waals surface area contributed by atoms with E-state index in [0.29, 0.717) is 41.9 Å². The van der Waals surface area contributed by atoms with E-state index in [1.165, 1.54) is 4.90 Å². The molecular weight excluding hydrogens is 502 g/mol. The summed E-state index contributed by atoms with van der Waals surface area (Å²) in [6.45, 7) is 6.25.